The van der Waals surface area contributed by atoms with Crippen molar-refractivity contribution in [1.29, 1.82) is 10.5 Å². The van der Waals surface area contributed by atoms with Gasteiger partial charge in [0.2, 0.25) is 0 Å². The number of allylic oxidation sites excluding steroid dienone is 1. The van der Waals surface area contributed by atoms with Crippen molar-refractivity contribution in [2.75, 3.05) is 26.2 Å². The topological polar surface area (TPSA) is 86.3 Å². The third-order valence-electron chi connectivity index (χ3n) is 4.05. The van der Waals surface area contributed by atoms with Gasteiger partial charge in [-0.3, -0.25) is 4.90 Å². The van der Waals surface area contributed by atoms with Gasteiger partial charge in [-0.15, -0.1) is 0 Å². The Morgan fingerprint density at radius 3 is 2.50 bits per heavy atom. The van der Waals surface area contributed by atoms with Crippen molar-refractivity contribution in [3.05, 3.63) is 47.7 Å². The standard InChI is InChI=1S/C18H23N5O/c19-12-17(13-20)15-23(10-11-24)21-18-6-8-22(9-7-18)14-16-4-2-1-3-5-16/h1-5,15,18,21,24H,6-11,14H2. The number of benzene rings is 1. The average molecular weight is 325 g/mol. The maximum absolute atomic E-state index is 9.15. The number of rotatable bonds is 7. The number of nitrogens with zero attached hydrogens (tertiary/aromatic N) is 4. The third kappa shape index (κ3) is 5.68. The van der Waals surface area contributed by atoms with Crippen LogP contribution < -0.4 is 5.43 Å². The van der Waals surface area contributed by atoms with Crippen molar-refractivity contribution in [2.45, 2.75) is 25.4 Å². The molecule has 1 heterocycles. The number of likely N-dealkylation sites (tertiary alicyclic amines) is 1. The molecule has 1 aliphatic heterocycles. The van der Waals surface area contributed by atoms with Crippen LogP contribution in [0.15, 0.2) is 42.1 Å². The number of hydrogen-bond donors (Lipinski definition) is 2. The summed E-state index contributed by atoms with van der Waals surface area (Å²) in [7, 11) is 0. The predicted molar refractivity (Wildman–Crippen MR) is 91.0 cm³/mol. The number of hydrazine groups is 1. The highest BCUT2D eigenvalue weighted by molar-refractivity contribution is 5.34. The fraction of sp³-hybridized carbons (Fsp3) is 0.444. The zero-order valence-corrected chi connectivity index (χ0v) is 13.7. The van der Waals surface area contributed by atoms with E-state index < -0.39 is 0 Å². The van der Waals surface area contributed by atoms with E-state index in [1.54, 1.807) is 5.01 Å². The number of nitrogens with one attached hydrogen (secondary N) is 1. The third-order valence-corrected chi connectivity index (χ3v) is 4.05. The van der Waals surface area contributed by atoms with Crippen LogP contribution in [-0.2, 0) is 6.54 Å². The van der Waals surface area contributed by atoms with Crippen LogP contribution in [0.3, 0.4) is 0 Å². The average Bonchev–Trinajstić information content (AvgIpc) is 2.62. The van der Waals surface area contributed by atoms with Crippen LogP contribution in [0.1, 0.15) is 18.4 Å². The molecule has 0 aliphatic carbocycles. The number of aliphatic hydroxyl groups is 1. The molecule has 0 amide bonds. The van der Waals surface area contributed by atoms with Crippen LogP contribution in [-0.4, -0.2) is 47.3 Å². The minimum absolute atomic E-state index is 0.0254. The van der Waals surface area contributed by atoms with Crippen LogP contribution in [0.2, 0.25) is 0 Å². The second-order valence-corrected chi connectivity index (χ2v) is 5.85. The molecular formula is C18H23N5O. The van der Waals surface area contributed by atoms with E-state index in [4.69, 9.17) is 15.6 Å². The Balaban J connectivity index is 1.83. The highest BCUT2D eigenvalue weighted by Gasteiger charge is 2.20. The maximum Gasteiger partial charge on any atom is 0.146 e. The fourth-order valence-corrected chi connectivity index (χ4v) is 2.81. The zero-order valence-electron chi connectivity index (χ0n) is 13.7. The summed E-state index contributed by atoms with van der Waals surface area (Å²) < 4.78 is 0. The number of piperidine rings is 1. The molecule has 0 bridgehead atoms. The van der Waals surface area contributed by atoms with E-state index in [1.807, 2.05) is 18.2 Å². The van der Waals surface area contributed by atoms with E-state index in [-0.39, 0.29) is 18.2 Å². The van der Waals surface area contributed by atoms with Gasteiger partial charge < -0.3 is 10.1 Å². The van der Waals surface area contributed by atoms with Crippen molar-refractivity contribution in [2.24, 2.45) is 0 Å². The molecule has 2 rings (SSSR count). The molecule has 24 heavy (non-hydrogen) atoms. The van der Waals surface area contributed by atoms with E-state index >= 15 is 0 Å². The summed E-state index contributed by atoms with van der Waals surface area (Å²) in [6.45, 7) is 3.25. The summed E-state index contributed by atoms with van der Waals surface area (Å²) in [5.74, 6) is 0. The molecule has 1 aromatic carbocycles. The Kier molecular flexibility index (Phi) is 7.25. The van der Waals surface area contributed by atoms with Crippen molar-refractivity contribution in [1.82, 2.24) is 15.3 Å². The molecule has 0 atom stereocenters. The van der Waals surface area contributed by atoms with E-state index in [9.17, 15) is 0 Å². The first kappa shape index (κ1) is 18.0. The van der Waals surface area contributed by atoms with Gasteiger partial charge >= 0.3 is 0 Å². The van der Waals surface area contributed by atoms with Crippen LogP contribution in [0.5, 0.6) is 0 Å². The minimum Gasteiger partial charge on any atom is -0.394 e. The summed E-state index contributed by atoms with van der Waals surface area (Å²) in [5.41, 5.74) is 4.65. The molecule has 1 aromatic rings. The van der Waals surface area contributed by atoms with Crippen molar-refractivity contribution in [3.63, 3.8) is 0 Å². The second kappa shape index (κ2) is 9.69. The minimum atomic E-state index is -0.0412. The molecule has 0 aromatic heterocycles. The Morgan fingerprint density at radius 2 is 1.92 bits per heavy atom. The lowest BCUT2D eigenvalue weighted by atomic mass is 10.0. The second-order valence-electron chi connectivity index (χ2n) is 5.85. The molecule has 0 radical (unpaired) electrons. The van der Waals surface area contributed by atoms with Crippen molar-refractivity contribution >= 4 is 0 Å². The molecule has 6 heteroatoms. The first-order valence-corrected chi connectivity index (χ1v) is 8.17. The van der Waals surface area contributed by atoms with Crippen molar-refractivity contribution < 1.29 is 5.11 Å². The Hall–Kier alpha value is -2.38. The van der Waals surface area contributed by atoms with Gasteiger partial charge in [0.15, 0.2) is 0 Å². The van der Waals surface area contributed by atoms with Crippen LogP contribution >= 0.6 is 0 Å². The quantitative estimate of drug-likeness (QED) is 0.582. The van der Waals surface area contributed by atoms with Crippen LogP contribution in [0.4, 0.5) is 0 Å². The molecule has 1 fully saturated rings. The smallest absolute Gasteiger partial charge is 0.146 e. The lowest BCUT2D eigenvalue weighted by Crippen LogP contribution is -2.48. The molecule has 1 saturated heterocycles. The van der Waals surface area contributed by atoms with Crippen LogP contribution in [0.25, 0.3) is 0 Å². The summed E-state index contributed by atoms with van der Waals surface area (Å²) in [6.07, 6.45) is 3.43. The first-order valence-electron chi connectivity index (χ1n) is 8.17. The predicted octanol–water partition coefficient (Wildman–Crippen LogP) is 1.38. The largest absolute Gasteiger partial charge is 0.394 e. The van der Waals surface area contributed by atoms with E-state index in [1.165, 1.54) is 11.8 Å². The zero-order chi connectivity index (χ0) is 17.2. The maximum atomic E-state index is 9.15. The van der Waals surface area contributed by atoms with Gasteiger partial charge in [-0.2, -0.15) is 10.5 Å². The fourth-order valence-electron chi connectivity index (χ4n) is 2.81. The van der Waals surface area contributed by atoms with Gasteiger partial charge in [0.25, 0.3) is 0 Å². The molecule has 0 saturated carbocycles. The van der Waals surface area contributed by atoms with Gasteiger partial charge in [-0.25, -0.2) is 5.43 Å². The van der Waals surface area contributed by atoms with E-state index in [0.29, 0.717) is 6.54 Å². The van der Waals surface area contributed by atoms with Gasteiger partial charge in [-0.1, -0.05) is 30.3 Å². The first-order chi connectivity index (χ1) is 11.7. The molecule has 1 aliphatic rings. The Bertz CT molecular complexity index is 593. The molecule has 126 valence electrons. The summed E-state index contributed by atoms with van der Waals surface area (Å²) >= 11 is 0. The van der Waals surface area contributed by atoms with E-state index in [2.05, 4.69) is 34.6 Å². The Labute approximate surface area is 143 Å². The van der Waals surface area contributed by atoms with Gasteiger partial charge in [0.1, 0.15) is 17.7 Å². The Morgan fingerprint density at radius 1 is 1.25 bits per heavy atom. The molecule has 0 spiro atoms. The monoisotopic (exact) mass is 325 g/mol. The van der Waals surface area contributed by atoms with Gasteiger partial charge in [0.05, 0.1) is 13.2 Å². The highest BCUT2D eigenvalue weighted by atomic mass is 16.3. The van der Waals surface area contributed by atoms with Crippen LogP contribution in [0, 0.1) is 22.7 Å². The lowest BCUT2D eigenvalue weighted by molar-refractivity contribution is 0.125. The van der Waals surface area contributed by atoms with E-state index in [0.717, 1.165) is 32.5 Å². The molecule has 0 unspecified atom stereocenters. The normalized spacial score (nSPS) is 15.3. The molecule has 2 N–H and O–H groups in total. The number of aliphatic hydroxyl groups excluding tert-OH is 1. The summed E-state index contributed by atoms with van der Waals surface area (Å²) in [4.78, 5) is 2.43. The van der Waals surface area contributed by atoms with Crippen molar-refractivity contribution in [3.8, 4) is 12.1 Å². The lowest BCUT2D eigenvalue weighted by Gasteiger charge is -2.35. The SMILES string of the molecule is N#CC(C#N)=CN(CCO)NC1CCN(Cc2ccccc2)CC1. The molecular weight excluding hydrogens is 302 g/mol. The number of hydrogen-bond acceptors (Lipinski definition) is 6. The molecule has 6 nitrogen and oxygen atoms in total. The summed E-state index contributed by atoms with van der Waals surface area (Å²) in [5, 5.41) is 28.5. The summed E-state index contributed by atoms with van der Waals surface area (Å²) in [6, 6.07) is 14.4. The van der Waals surface area contributed by atoms with Gasteiger partial charge in [-0.05, 0) is 18.4 Å². The number of nitriles is 2. The highest BCUT2D eigenvalue weighted by Crippen LogP contribution is 2.14. The van der Waals surface area contributed by atoms with Gasteiger partial charge in [0, 0.05) is 31.9 Å².